The van der Waals surface area contributed by atoms with Crippen LogP contribution in [0.25, 0.3) is 0 Å². The van der Waals surface area contributed by atoms with E-state index in [0.717, 1.165) is 37.7 Å². The van der Waals surface area contributed by atoms with Gasteiger partial charge in [0.15, 0.2) is 5.13 Å². The molecule has 1 aromatic heterocycles. The number of nitrogens with zero attached hydrogens (tertiary/aromatic N) is 2. The number of thiazole rings is 1. The van der Waals surface area contributed by atoms with E-state index >= 15 is 0 Å². The third-order valence-electron chi connectivity index (χ3n) is 3.04. The Morgan fingerprint density at radius 1 is 1.44 bits per heavy atom. The highest BCUT2D eigenvalue weighted by atomic mass is 32.1. The molecule has 1 aliphatic heterocycles. The first-order valence-electron chi connectivity index (χ1n) is 6.74. The van der Waals surface area contributed by atoms with Crippen molar-refractivity contribution < 1.29 is 4.74 Å². The number of anilines is 1. The van der Waals surface area contributed by atoms with Gasteiger partial charge in [-0.3, -0.25) is 0 Å². The predicted octanol–water partition coefficient (Wildman–Crippen LogP) is 1.91. The van der Waals surface area contributed by atoms with Gasteiger partial charge < -0.3 is 15.0 Å². The normalized spacial score (nSPS) is 24.5. The summed E-state index contributed by atoms with van der Waals surface area (Å²) in [4.78, 5) is 7.07. The lowest BCUT2D eigenvalue weighted by molar-refractivity contribution is -0.00523. The van der Waals surface area contributed by atoms with E-state index in [-0.39, 0.29) is 0 Å². The molecule has 0 spiro atoms. The summed E-state index contributed by atoms with van der Waals surface area (Å²) >= 11 is 1.75. The van der Waals surface area contributed by atoms with Crippen molar-refractivity contribution in [1.82, 2.24) is 10.3 Å². The number of morpholine rings is 1. The van der Waals surface area contributed by atoms with E-state index in [1.807, 2.05) is 0 Å². The molecule has 1 N–H and O–H groups in total. The van der Waals surface area contributed by atoms with E-state index in [2.05, 4.69) is 36.4 Å². The number of hydrogen-bond donors (Lipinski definition) is 1. The van der Waals surface area contributed by atoms with Crippen molar-refractivity contribution in [2.45, 2.75) is 39.4 Å². The predicted molar refractivity (Wildman–Crippen MR) is 76.6 cm³/mol. The Hall–Kier alpha value is -0.650. The van der Waals surface area contributed by atoms with Crippen LogP contribution in [-0.4, -0.2) is 43.4 Å². The number of likely N-dealkylation sites (N-methyl/N-ethyl adjacent to an activating group) is 1. The van der Waals surface area contributed by atoms with Crippen LogP contribution in [0.1, 0.15) is 26.5 Å². The first-order chi connectivity index (χ1) is 8.69. The number of aromatic nitrogens is 1. The maximum Gasteiger partial charge on any atom is 0.185 e. The molecule has 5 heteroatoms. The van der Waals surface area contributed by atoms with Crippen LogP contribution in [0.5, 0.6) is 0 Å². The maximum absolute atomic E-state index is 5.75. The average Bonchev–Trinajstić information content (AvgIpc) is 2.77. The molecule has 0 aliphatic carbocycles. The standard InChI is InChI=1S/C13H23N3OS/c1-4-14-6-5-12-9-18-13(15-12)16-7-10(2)17-11(3)8-16/h9-11,14H,4-8H2,1-3H3/t10-,11+. The van der Waals surface area contributed by atoms with E-state index in [1.54, 1.807) is 11.3 Å². The molecular weight excluding hydrogens is 246 g/mol. The van der Waals surface area contributed by atoms with E-state index in [9.17, 15) is 0 Å². The minimum Gasteiger partial charge on any atom is -0.372 e. The number of rotatable bonds is 5. The Morgan fingerprint density at radius 3 is 2.83 bits per heavy atom. The van der Waals surface area contributed by atoms with Crippen LogP contribution in [0.4, 0.5) is 5.13 Å². The minimum atomic E-state index is 0.294. The summed E-state index contributed by atoms with van der Waals surface area (Å²) in [5, 5.41) is 6.65. The van der Waals surface area contributed by atoms with E-state index < -0.39 is 0 Å². The zero-order chi connectivity index (χ0) is 13.0. The maximum atomic E-state index is 5.75. The van der Waals surface area contributed by atoms with Crippen molar-refractivity contribution >= 4 is 16.5 Å². The average molecular weight is 269 g/mol. The molecule has 0 radical (unpaired) electrons. The van der Waals surface area contributed by atoms with Crippen molar-refractivity contribution in [3.8, 4) is 0 Å². The quantitative estimate of drug-likeness (QED) is 0.829. The van der Waals surface area contributed by atoms with Crippen LogP contribution >= 0.6 is 11.3 Å². The Balaban J connectivity index is 1.92. The van der Waals surface area contributed by atoms with Gasteiger partial charge in [-0.1, -0.05) is 6.92 Å². The molecule has 2 heterocycles. The topological polar surface area (TPSA) is 37.4 Å². The Labute approximate surface area is 113 Å². The third kappa shape index (κ3) is 3.67. The zero-order valence-electron chi connectivity index (χ0n) is 11.5. The van der Waals surface area contributed by atoms with E-state index in [0.29, 0.717) is 12.2 Å². The van der Waals surface area contributed by atoms with E-state index in [1.165, 1.54) is 5.69 Å². The summed E-state index contributed by atoms with van der Waals surface area (Å²) in [5.41, 5.74) is 1.20. The number of hydrogen-bond acceptors (Lipinski definition) is 5. The van der Waals surface area contributed by atoms with Crippen molar-refractivity contribution in [3.05, 3.63) is 11.1 Å². The van der Waals surface area contributed by atoms with Crippen LogP contribution in [-0.2, 0) is 11.2 Å². The van der Waals surface area contributed by atoms with Gasteiger partial charge in [0.1, 0.15) is 0 Å². The van der Waals surface area contributed by atoms with Crippen LogP contribution < -0.4 is 10.2 Å². The Bertz CT molecular complexity index is 359. The summed E-state index contributed by atoms with van der Waals surface area (Å²) in [5.74, 6) is 0. The van der Waals surface area contributed by atoms with Gasteiger partial charge in [-0.05, 0) is 20.4 Å². The van der Waals surface area contributed by atoms with E-state index in [4.69, 9.17) is 9.72 Å². The minimum absolute atomic E-state index is 0.294. The second kappa shape index (κ2) is 6.50. The second-order valence-electron chi connectivity index (χ2n) is 4.89. The SMILES string of the molecule is CCNCCc1csc(N2C[C@@H](C)O[C@@H](C)C2)n1. The molecule has 1 aromatic rings. The molecular formula is C13H23N3OS. The van der Waals surface area contributed by atoms with Crippen LogP contribution in [0.2, 0.25) is 0 Å². The first-order valence-corrected chi connectivity index (χ1v) is 7.62. The lowest BCUT2D eigenvalue weighted by Gasteiger charge is -2.35. The monoisotopic (exact) mass is 269 g/mol. The fourth-order valence-electron chi connectivity index (χ4n) is 2.28. The van der Waals surface area contributed by atoms with Gasteiger partial charge >= 0.3 is 0 Å². The summed E-state index contributed by atoms with van der Waals surface area (Å²) < 4.78 is 5.75. The third-order valence-corrected chi connectivity index (χ3v) is 3.99. The van der Waals surface area contributed by atoms with Crippen molar-refractivity contribution in [2.24, 2.45) is 0 Å². The molecule has 0 amide bonds. The molecule has 0 bridgehead atoms. The molecule has 2 atom stereocenters. The highest BCUT2D eigenvalue weighted by molar-refractivity contribution is 7.13. The number of nitrogens with one attached hydrogen (secondary N) is 1. The van der Waals surface area contributed by atoms with Gasteiger partial charge in [0.25, 0.3) is 0 Å². The van der Waals surface area contributed by atoms with Crippen LogP contribution in [0, 0.1) is 0 Å². The fourth-order valence-corrected chi connectivity index (χ4v) is 3.16. The summed E-state index contributed by atoms with van der Waals surface area (Å²) in [7, 11) is 0. The van der Waals surface area contributed by atoms with Crippen molar-refractivity contribution in [1.29, 1.82) is 0 Å². The molecule has 0 unspecified atom stereocenters. The highest BCUT2D eigenvalue weighted by Gasteiger charge is 2.24. The molecule has 18 heavy (non-hydrogen) atoms. The summed E-state index contributed by atoms with van der Waals surface area (Å²) in [6.45, 7) is 10.3. The fraction of sp³-hybridized carbons (Fsp3) is 0.769. The van der Waals surface area contributed by atoms with Gasteiger partial charge in [0.2, 0.25) is 0 Å². The largest absolute Gasteiger partial charge is 0.372 e. The Morgan fingerprint density at radius 2 is 2.17 bits per heavy atom. The molecule has 1 saturated heterocycles. The molecule has 0 aromatic carbocycles. The summed E-state index contributed by atoms with van der Waals surface area (Å²) in [6.07, 6.45) is 1.60. The number of ether oxygens (including phenoxy) is 1. The highest BCUT2D eigenvalue weighted by Crippen LogP contribution is 2.24. The molecule has 4 nitrogen and oxygen atoms in total. The van der Waals surface area contributed by atoms with Crippen molar-refractivity contribution in [2.75, 3.05) is 31.1 Å². The van der Waals surface area contributed by atoms with Gasteiger partial charge in [-0.15, -0.1) is 11.3 Å². The summed E-state index contributed by atoms with van der Waals surface area (Å²) in [6, 6.07) is 0. The zero-order valence-corrected chi connectivity index (χ0v) is 12.3. The molecule has 0 saturated carbocycles. The molecule has 102 valence electrons. The molecule has 1 fully saturated rings. The second-order valence-corrected chi connectivity index (χ2v) is 5.72. The van der Waals surface area contributed by atoms with Crippen LogP contribution in [0.15, 0.2) is 5.38 Å². The Kier molecular flexibility index (Phi) is 4.97. The van der Waals surface area contributed by atoms with Gasteiger partial charge in [-0.25, -0.2) is 4.98 Å². The van der Waals surface area contributed by atoms with Crippen molar-refractivity contribution in [3.63, 3.8) is 0 Å². The lowest BCUT2D eigenvalue weighted by Crippen LogP contribution is -2.45. The molecule has 1 aliphatic rings. The smallest absolute Gasteiger partial charge is 0.185 e. The van der Waals surface area contributed by atoms with Gasteiger partial charge in [-0.2, -0.15) is 0 Å². The first kappa shape index (κ1) is 13.8. The van der Waals surface area contributed by atoms with Crippen LogP contribution in [0.3, 0.4) is 0 Å². The van der Waals surface area contributed by atoms with Gasteiger partial charge in [0.05, 0.1) is 17.9 Å². The lowest BCUT2D eigenvalue weighted by atomic mass is 10.2. The molecule has 2 rings (SSSR count). The van der Waals surface area contributed by atoms with Gasteiger partial charge in [0, 0.05) is 31.4 Å².